The average molecular weight is 372 g/mol. The summed E-state index contributed by atoms with van der Waals surface area (Å²) in [6.07, 6.45) is 0. The molecule has 0 saturated heterocycles. The Hall–Kier alpha value is -1.46. The van der Waals surface area contributed by atoms with E-state index in [1.165, 1.54) is 29.5 Å². The lowest BCUT2D eigenvalue weighted by atomic mass is 10.2. The summed E-state index contributed by atoms with van der Waals surface area (Å²) < 4.78 is 13.5. The van der Waals surface area contributed by atoms with E-state index >= 15 is 0 Å². The number of nitrogens with one attached hydrogen (secondary N) is 1. The first-order valence-corrected chi connectivity index (χ1v) is 6.81. The van der Waals surface area contributed by atoms with E-state index < -0.39 is 0 Å². The second-order valence-corrected chi connectivity index (χ2v) is 5.43. The second-order valence-electron chi connectivity index (χ2n) is 3.35. The summed E-state index contributed by atoms with van der Waals surface area (Å²) in [4.78, 5) is 12.0. The summed E-state index contributed by atoms with van der Waals surface area (Å²) >= 11 is 3.17. The molecule has 0 bridgehead atoms. The minimum atomic E-state index is -0.384. The number of nitrogens with zero attached hydrogens (tertiary/aromatic N) is 1. The van der Waals surface area contributed by atoms with E-state index in [0.717, 1.165) is 0 Å². The molecule has 0 radical (unpaired) electrons. The fourth-order valence-corrected chi connectivity index (χ4v) is 2.79. The van der Waals surface area contributed by atoms with Gasteiger partial charge in [0.05, 0.1) is 11.1 Å². The van der Waals surface area contributed by atoms with Crippen molar-refractivity contribution >= 4 is 44.8 Å². The molecule has 0 spiro atoms. The van der Waals surface area contributed by atoms with Crippen LogP contribution in [0.15, 0.2) is 29.6 Å². The summed E-state index contributed by atoms with van der Waals surface area (Å²) in [7, 11) is 0. The van der Waals surface area contributed by atoms with Crippen LogP contribution in [0, 0.1) is 20.7 Å². The maximum absolute atomic E-state index is 12.9. The smallest absolute Gasteiger partial charge is 0.257 e. The molecule has 1 N–H and O–H groups in total. The first kappa shape index (κ1) is 13.0. The fraction of sp³-hybridized carbons (Fsp3) is 0. The fourth-order valence-electron chi connectivity index (χ4n) is 1.34. The lowest BCUT2D eigenvalue weighted by Gasteiger charge is -2.05. The van der Waals surface area contributed by atoms with Crippen LogP contribution in [0.5, 0.6) is 0 Å². The maximum atomic E-state index is 12.9. The standard InChI is InChI=1S/C12H6FIN2OS/c13-8-1-2-9(10(14)5-8)11(17)16-12-7(6-15)3-4-18-12/h1-5H,(H,16,17). The summed E-state index contributed by atoms with van der Waals surface area (Å²) in [5, 5.41) is 13.7. The topological polar surface area (TPSA) is 52.9 Å². The Morgan fingerprint density at radius 2 is 2.22 bits per heavy atom. The average Bonchev–Trinajstić information content (AvgIpc) is 2.76. The molecule has 0 aliphatic heterocycles. The van der Waals surface area contributed by atoms with E-state index in [1.807, 2.05) is 28.7 Å². The van der Waals surface area contributed by atoms with Gasteiger partial charge in [0.2, 0.25) is 0 Å². The molecule has 1 aromatic carbocycles. The third-order valence-corrected chi connectivity index (χ3v) is 3.91. The van der Waals surface area contributed by atoms with Crippen LogP contribution >= 0.6 is 33.9 Å². The largest absolute Gasteiger partial charge is 0.312 e. The zero-order chi connectivity index (χ0) is 13.1. The minimum absolute atomic E-state index is 0.349. The van der Waals surface area contributed by atoms with Gasteiger partial charge in [-0.15, -0.1) is 11.3 Å². The van der Waals surface area contributed by atoms with Gasteiger partial charge in [0.25, 0.3) is 5.91 Å². The van der Waals surface area contributed by atoms with E-state index in [9.17, 15) is 9.18 Å². The van der Waals surface area contributed by atoms with Crippen LogP contribution in [-0.4, -0.2) is 5.91 Å². The van der Waals surface area contributed by atoms with E-state index in [4.69, 9.17) is 5.26 Å². The van der Waals surface area contributed by atoms with Crippen molar-refractivity contribution in [2.24, 2.45) is 0 Å². The van der Waals surface area contributed by atoms with Crippen molar-refractivity contribution in [3.05, 3.63) is 50.2 Å². The van der Waals surface area contributed by atoms with Gasteiger partial charge in [-0.3, -0.25) is 4.79 Å². The van der Waals surface area contributed by atoms with E-state index in [1.54, 1.807) is 11.4 Å². The number of anilines is 1. The summed E-state index contributed by atoms with van der Waals surface area (Å²) in [5.41, 5.74) is 0.805. The molecular formula is C12H6FIN2OS. The van der Waals surface area contributed by atoms with Crippen LogP contribution in [0.2, 0.25) is 0 Å². The predicted octanol–water partition coefficient (Wildman–Crippen LogP) is 3.62. The Bertz CT molecular complexity index is 648. The van der Waals surface area contributed by atoms with Crippen molar-refractivity contribution in [2.75, 3.05) is 5.32 Å². The van der Waals surface area contributed by atoms with Gasteiger partial charge in [-0.05, 0) is 52.2 Å². The molecule has 3 nitrogen and oxygen atoms in total. The maximum Gasteiger partial charge on any atom is 0.257 e. The van der Waals surface area contributed by atoms with E-state index in [2.05, 4.69) is 5.32 Å². The lowest BCUT2D eigenvalue weighted by Crippen LogP contribution is -2.13. The van der Waals surface area contributed by atoms with Crippen LogP contribution in [0.1, 0.15) is 15.9 Å². The molecule has 2 rings (SSSR count). The molecule has 6 heteroatoms. The SMILES string of the molecule is N#Cc1ccsc1NC(=O)c1ccc(F)cc1I. The number of halogens is 2. The van der Waals surface area contributed by atoms with Gasteiger partial charge in [-0.2, -0.15) is 5.26 Å². The van der Waals surface area contributed by atoms with Gasteiger partial charge < -0.3 is 5.32 Å². The molecule has 1 amide bonds. The van der Waals surface area contributed by atoms with Crippen LogP contribution in [0.3, 0.4) is 0 Å². The van der Waals surface area contributed by atoms with Gasteiger partial charge in [0, 0.05) is 3.57 Å². The van der Waals surface area contributed by atoms with Gasteiger partial charge in [-0.25, -0.2) is 4.39 Å². The number of hydrogen-bond donors (Lipinski definition) is 1. The normalized spacial score (nSPS) is 9.83. The van der Waals surface area contributed by atoms with Crippen molar-refractivity contribution in [3.63, 3.8) is 0 Å². The molecule has 1 aromatic heterocycles. The first-order valence-electron chi connectivity index (χ1n) is 4.86. The minimum Gasteiger partial charge on any atom is -0.312 e. The van der Waals surface area contributed by atoms with E-state index in [0.29, 0.717) is 19.7 Å². The highest BCUT2D eigenvalue weighted by Crippen LogP contribution is 2.23. The Morgan fingerprint density at radius 3 is 2.89 bits per heavy atom. The highest BCUT2D eigenvalue weighted by Gasteiger charge is 2.13. The van der Waals surface area contributed by atoms with Crippen molar-refractivity contribution in [1.82, 2.24) is 0 Å². The molecule has 0 atom stereocenters. The van der Waals surface area contributed by atoms with Crippen molar-refractivity contribution < 1.29 is 9.18 Å². The number of rotatable bonds is 2. The number of thiophene rings is 1. The molecule has 2 aromatic rings. The number of amides is 1. The van der Waals surface area contributed by atoms with Gasteiger partial charge in [-0.1, -0.05) is 0 Å². The Balaban J connectivity index is 2.25. The third kappa shape index (κ3) is 2.68. The predicted molar refractivity (Wildman–Crippen MR) is 76.1 cm³/mol. The number of benzene rings is 1. The molecule has 0 fully saturated rings. The molecule has 0 saturated carbocycles. The molecule has 1 heterocycles. The van der Waals surface area contributed by atoms with Crippen LogP contribution in [0.25, 0.3) is 0 Å². The lowest BCUT2D eigenvalue weighted by molar-refractivity contribution is 0.102. The van der Waals surface area contributed by atoms with Crippen LogP contribution in [0.4, 0.5) is 9.39 Å². The Morgan fingerprint density at radius 1 is 1.44 bits per heavy atom. The zero-order valence-corrected chi connectivity index (χ0v) is 11.9. The Labute approximate surface area is 120 Å². The van der Waals surface area contributed by atoms with Gasteiger partial charge >= 0.3 is 0 Å². The molecule has 0 aliphatic rings. The van der Waals surface area contributed by atoms with Crippen molar-refractivity contribution in [3.8, 4) is 6.07 Å². The second kappa shape index (κ2) is 5.46. The van der Waals surface area contributed by atoms with E-state index in [-0.39, 0.29) is 11.7 Å². The summed E-state index contributed by atoms with van der Waals surface area (Å²) in [6.45, 7) is 0. The van der Waals surface area contributed by atoms with Crippen LogP contribution < -0.4 is 5.32 Å². The monoisotopic (exact) mass is 372 g/mol. The number of hydrogen-bond acceptors (Lipinski definition) is 3. The molecular weight excluding hydrogens is 366 g/mol. The van der Waals surface area contributed by atoms with Gasteiger partial charge in [0.1, 0.15) is 16.9 Å². The van der Waals surface area contributed by atoms with Crippen molar-refractivity contribution in [2.45, 2.75) is 0 Å². The summed E-state index contributed by atoms with van der Waals surface area (Å²) in [6, 6.07) is 7.57. The number of carbonyl (C=O) groups is 1. The molecule has 0 unspecified atom stereocenters. The molecule has 18 heavy (non-hydrogen) atoms. The van der Waals surface area contributed by atoms with Crippen LogP contribution in [-0.2, 0) is 0 Å². The number of carbonyl (C=O) groups excluding carboxylic acids is 1. The highest BCUT2D eigenvalue weighted by atomic mass is 127. The van der Waals surface area contributed by atoms with Crippen molar-refractivity contribution in [1.29, 1.82) is 5.26 Å². The first-order chi connectivity index (χ1) is 8.61. The zero-order valence-electron chi connectivity index (χ0n) is 8.91. The Kier molecular flexibility index (Phi) is 3.93. The third-order valence-electron chi connectivity index (χ3n) is 2.19. The highest BCUT2D eigenvalue weighted by molar-refractivity contribution is 14.1. The van der Waals surface area contributed by atoms with Gasteiger partial charge in [0.15, 0.2) is 0 Å². The molecule has 90 valence electrons. The molecule has 0 aliphatic carbocycles. The quantitative estimate of drug-likeness (QED) is 0.819. The number of nitriles is 1. The summed E-state index contributed by atoms with van der Waals surface area (Å²) in [5.74, 6) is -0.733.